The lowest BCUT2D eigenvalue weighted by Gasteiger charge is -2.53. The average molecular weight is 250 g/mol. The molecule has 0 aromatic carbocycles. The van der Waals surface area contributed by atoms with E-state index >= 15 is 0 Å². The normalized spacial score (nSPS) is 49.7. The smallest absolute Gasteiger partial charge is 0.303 e. The molecule has 6 atom stereocenters. The summed E-state index contributed by atoms with van der Waals surface area (Å²) in [6.07, 6.45) is 5.28. The van der Waals surface area contributed by atoms with Crippen LogP contribution in [0.25, 0.3) is 0 Å². The third-order valence-electron chi connectivity index (χ3n) is 6.07. The average Bonchev–Trinajstić information content (AvgIpc) is 2.37. The molecule has 0 aromatic heterocycles. The van der Waals surface area contributed by atoms with Crippen molar-refractivity contribution < 1.29 is 9.53 Å². The molecule has 3 rings (SSSR count). The number of carbonyl (C=O) groups is 1. The van der Waals surface area contributed by atoms with E-state index in [2.05, 4.69) is 20.8 Å². The molecule has 18 heavy (non-hydrogen) atoms. The molecule has 0 spiro atoms. The summed E-state index contributed by atoms with van der Waals surface area (Å²) in [5, 5.41) is 0. The van der Waals surface area contributed by atoms with Gasteiger partial charge in [-0.15, -0.1) is 0 Å². The molecule has 3 fully saturated rings. The van der Waals surface area contributed by atoms with Gasteiger partial charge in [0.15, 0.2) is 0 Å². The molecule has 0 saturated heterocycles. The SMILES string of the molecule is CC(=O)OC1(C(C)C)C2CC(C)CC3CC1C3C2. The molecule has 0 N–H and O–H groups in total. The fraction of sp³-hybridized carbons (Fsp3) is 0.938. The third kappa shape index (κ3) is 1.50. The Balaban J connectivity index is 1.96. The number of esters is 1. The zero-order valence-corrected chi connectivity index (χ0v) is 12.1. The van der Waals surface area contributed by atoms with Crippen molar-refractivity contribution in [3.8, 4) is 0 Å². The van der Waals surface area contributed by atoms with Gasteiger partial charge in [-0.3, -0.25) is 4.79 Å². The second-order valence-corrected chi connectivity index (χ2v) is 7.38. The fourth-order valence-corrected chi connectivity index (χ4v) is 5.57. The Labute approximate surface area is 110 Å². The van der Waals surface area contributed by atoms with Crippen molar-refractivity contribution in [1.82, 2.24) is 0 Å². The van der Waals surface area contributed by atoms with Crippen molar-refractivity contribution in [3.05, 3.63) is 0 Å². The highest BCUT2D eigenvalue weighted by molar-refractivity contribution is 5.66. The summed E-state index contributed by atoms with van der Waals surface area (Å²) in [5.74, 6) is 4.22. The van der Waals surface area contributed by atoms with Gasteiger partial charge in [0.25, 0.3) is 0 Å². The molecule has 2 nitrogen and oxygen atoms in total. The van der Waals surface area contributed by atoms with E-state index in [-0.39, 0.29) is 11.6 Å². The molecule has 2 heteroatoms. The maximum atomic E-state index is 11.6. The summed E-state index contributed by atoms with van der Waals surface area (Å²) in [7, 11) is 0. The second kappa shape index (κ2) is 3.98. The highest BCUT2D eigenvalue weighted by Gasteiger charge is 2.66. The number of hydrogen-bond acceptors (Lipinski definition) is 2. The van der Waals surface area contributed by atoms with Gasteiger partial charge in [0.1, 0.15) is 5.60 Å². The van der Waals surface area contributed by atoms with Crippen LogP contribution in [0.1, 0.15) is 53.4 Å². The highest BCUT2D eigenvalue weighted by atomic mass is 16.6. The summed E-state index contributed by atoms with van der Waals surface area (Å²) in [6, 6.07) is 0. The van der Waals surface area contributed by atoms with Crippen LogP contribution in [0.2, 0.25) is 0 Å². The van der Waals surface area contributed by atoms with Crippen molar-refractivity contribution in [2.24, 2.45) is 35.5 Å². The Morgan fingerprint density at radius 2 is 1.94 bits per heavy atom. The maximum absolute atomic E-state index is 11.6. The first-order valence-electron chi connectivity index (χ1n) is 7.64. The quantitative estimate of drug-likeness (QED) is 0.699. The second-order valence-electron chi connectivity index (χ2n) is 7.38. The topological polar surface area (TPSA) is 26.3 Å². The molecule has 102 valence electrons. The van der Waals surface area contributed by atoms with Gasteiger partial charge in [-0.05, 0) is 55.3 Å². The van der Waals surface area contributed by atoms with Crippen molar-refractivity contribution in [2.45, 2.75) is 59.0 Å². The van der Waals surface area contributed by atoms with E-state index in [0.29, 0.717) is 17.8 Å². The molecule has 2 bridgehead atoms. The molecule has 0 aromatic rings. The van der Waals surface area contributed by atoms with Gasteiger partial charge in [-0.1, -0.05) is 20.8 Å². The van der Waals surface area contributed by atoms with Crippen LogP contribution in [0.15, 0.2) is 0 Å². The standard InChI is InChI=1S/C16H26O2/c1-9(2)16(18-11(4)17)13-6-10(3)5-12-7-15(16)14(12)8-13/h9-10,12-15H,5-8H2,1-4H3. The Morgan fingerprint density at radius 1 is 1.22 bits per heavy atom. The zero-order valence-electron chi connectivity index (χ0n) is 12.1. The Bertz CT molecular complexity index is 360. The highest BCUT2D eigenvalue weighted by Crippen LogP contribution is 2.66. The molecular weight excluding hydrogens is 224 g/mol. The van der Waals surface area contributed by atoms with Crippen LogP contribution >= 0.6 is 0 Å². The van der Waals surface area contributed by atoms with Crippen molar-refractivity contribution in [1.29, 1.82) is 0 Å². The van der Waals surface area contributed by atoms with Crippen LogP contribution in [-0.4, -0.2) is 11.6 Å². The lowest BCUT2D eigenvalue weighted by molar-refractivity contribution is -0.190. The van der Waals surface area contributed by atoms with Crippen molar-refractivity contribution >= 4 is 5.97 Å². The minimum absolute atomic E-state index is 0.0778. The van der Waals surface area contributed by atoms with Crippen LogP contribution in [0, 0.1) is 35.5 Å². The molecule has 0 radical (unpaired) electrons. The first kappa shape index (κ1) is 12.5. The lowest BCUT2D eigenvalue weighted by Crippen LogP contribution is -2.55. The van der Waals surface area contributed by atoms with Gasteiger partial charge in [0, 0.05) is 12.8 Å². The molecule has 6 unspecified atom stereocenters. The minimum atomic E-state index is -0.137. The summed E-state index contributed by atoms with van der Waals surface area (Å²) >= 11 is 0. The van der Waals surface area contributed by atoms with Crippen LogP contribution < -0.4 is 0 Å². The van der Waals surface area contributed by atoms with Gasteiger partial charge in [-0.25, -0.2) is 0 Å². The van der Waals surface area contributed by atoms with Crippen LogP contribution in [0.3, 0.4) is 0 Å². The molecular formula is C16H26O2. The van der Waals surface area contributed by atoms with E-state index in [4.69, 9.17) is 4.74 Å². The Hall–Kier alpha value is -0.530. The van der Waals surface area contributed by atoms with E-state index in [1.807, 2.05) is 0 Å². The summed E-state index contributed by atoms with van der Waals surface area (Å²) in [4.78, 5) is 11.6. The fourth-order valence-electron chi connectivity index (χ4n) is 5.57. The molecule has 3 saturated carbocycles. The van der Waals surface area contributed by atoms with Crippen LogP contribution in [-0.2, 0) is 9.53 Å². The number of ether oxygens (including phenoxy) is 1. The van der Waals surface area contributed by atoms with E-state index in [1.165, 1.54) is 25.7 Å². The first-order chi connectivity index (χ1) is 8.45. The van der Waals surface area contributed by atoms with Gasteiger partial charge >= 0.3 is 5.97 Å². The molecule has 3 aliphatic rings. The predicted molar refractivity (Wildman–Crippen MR) is 70.9 cm³/mol. The minimum Gasteiger partial charge on any atom is -0.458 e. The maximum Gasteiger partial charge on any atom is 0.303 e. The van der Waals surface area contributed by atoms with Gasteiger partial charge in [0.05, 0.1) is 0 Å². The summed E-state index contributed by atoms with van der Waals surface area (Å²) < 4.78 is 5.99. The van der Waals surface area contributed by atoms with Gasteiger partial charge in [0.2, 0.25) is 0 Å². The number of rotatable bonds is 2. The number of carbonyl (C=O) groups excluding carboxylic acids is 1. The molecule has 0 heterocycles. The molecule has 0 aliphatic heterocycles. The van der Waals surface area contributed by atoms with E-state index in [0.717, 1.165) is 17.8 Å². The van der Waals surface area contributed by atoms with Crippen LogP contribution in [0.4, 0.5) is 0 Å². The van der Waals surface area contributed by atoms with Gasteiger partial charge in [-0.2, -0.15) is 0 Å². The van der Waals surface area contributed by atoms with Gasteiger partial charge < -0.3 is 4.74 Å². The third-order valence-corrected chi connectivity index (χ3v) is 6.07. The monoisotopic (exact) mass is 250 g/mol. The van der Waals surface area contributed by atoms with E-state index in [1.54, 1.807) is 6.92 Å². The first-order valence-corrected chi connectivity index (χ1v) is 7.64. The lowest BCUT2D eigenvalue weighted by atomic mass is 9.56. The summed E-state index contributed by atoms with van der Waals surface area (Å²) in [5.41, 5.74) is -0.137. The van der Waals surface area contributed by atoms with Crippen molar-refractivity contribution in [3.63, 3.8) is 0 Å². The Morgan fingerprint density at radius 3 is 2.56 bits per heavy atom. The molecule has 0 amide bonds. The zero-order chi connectivity index (χ0) is 13.1. The molecule has 3 aliphatic carbocycles. The van der Waals surface area contributed by atoms with E-state index < -0.39 is 0 Å². The summed E-state index contributed by atoms with van der Waals surface area (Å²) in [6.45, 7) is 8.46. The number of fused-ring (bicyclic) bond motifs is 1. The van der Waals surface area contributed by atoms with E-state index in [9.17, 15) is 4.79 Å². The number of hydrogen-bond donors (Lipinski definition) is 0. The van der Waals surface area contributed by atoms with Crippen molar-refractivity contribution in [2.75, 3.05) is 0 Å². The predicted octanol–water partition coefficient (Wildman–Crippen LogP) is 3.65. The van der Waals surface area contributed by atoms with Crippen LogP contribution in [0.5, 0.6) is 0 Å². The largest absolute Gasteiger partial charge is 0.458 e. The Kier molecular flexibility index (Phi) is 2.76.